The summed E-state index contributed by atoms with van der Waals surface area (Å²) in [5.41, 5.74) is -3.23. The second-order valence-electron chi connectivity index (χ2n) is 3.95. The minimum absolute atomic E-state index is 0.0127. The summed E-state index contributed by atoms with van der Waals surface area (Å²) in [4.78, 5) is 11.4. The molecular formula is C10H12F3N3O2. The fourth-order valence-corrected chi connectivity index (χ4v) is 1.67. The topological polar surface area (TPSA) is 76.7 Å². The van der Waals surface area contributed by atoms with Gasteiger partial charge < -0.3 is 5.11 Å². The fourth-order valence-electron chi connectivity index (χ4n) is 1.67. The molecule has 0 aromatic heterocycles. The van der Waals surface area contributed by atoms with Crippen molar-refractivity contribution in [1.82, 2.24) is 5.01 Å². The van der Waals surface area contributed by atoms with Crippen LogP contribution in [0.25, 0.3) is 0 Å². The standard InChI is InChI=1S/C10H12F3N3O2/c1-2-3-7-6-9(18,10(11,12)13)16(15-7)8(17)4-5-14/h18H,2-4,6H2,1H3/t9-/m0/s1. The SMILES string of the molecule is CCCC1=NN(C(=O)CC#N)[C@@](O)(C(F)(F)F)C1. The highest BCUT2D eigenvalue weighted by Crippen LogP contribution is 2.41. The van der Waals surface area contributed by atoms with E-state index in [4.69, 9.17) is 5.26 Å². The number of carbonyl (C=O) groups is 1. The van der Waals surface area contributed by atoms with Crippen LogP contribution in [0.5, 0.6) is 0 Å². The number of aliphatic hydroxyl groups is 1. The Morgan fingerprint density at radius 3 is 2.72 bits per heavy atom. The fraction of sp³-hybridized carbons (Fsp3) is 0.700. The van der Waals surface area contributed by atoms with E-state index in [0.29, 0.717) is 6.42 Å². The van der Waals surface area contributed by atoms with Gasteiger partial charge in [-0.2, -0.15) is 28.5 Å². The molecule has 1 rings (SSSR count). The Balaban J connectivity index is 3.06. The number of carbonyl (C=O) groups excluding carboxylic acids is 1. The first kappa shape index (κ1) is 14.4. The second-order valence-corrected chi connectivity index (χ2v) is 3.95. The Kier molecular flexibility index (Phi) is 3.96. The average Bonchev–Trinajstić information content (AvgIpc) is 2.57. The van der Waals surface area contributed by atoms with Crippen molar-refractivity contribution in [1.29, 1.82) is 5.26 Å². The molecule has 0 spiro atoms. The number of hydrazone groups is 1. The van der Waals surface area contributed by atoms with Crippen molar-refractivity contribution in [3.63, 3.8) is 0 Å². The van der Waals surface area contributed by atoms with Crippen molar-refractivity contribution in [2.24, 2.45) is 5.10 Å². The molecule has 0 aromatic rings. The highest BCUT2D eigenvalue weighted by atomic mass is 19.4. The molecule has 0 saturated carbocycles. The van der Waals surface area contributed by atoms with E-state index in [1.165, 1.54) is 6.07 Å². The Hall–Kier alpha value is -1.62. The third-order valence-corrected chi connectivity index (χ3v) is 2.50. The summed E-state index contributed by atoms with van der Waals surface area (Å²) in [6.07, 6.45) is -5.73. The summed E-state index contributed by atoms with van der Waals surface area (Å²) in [6, 6.07) is 1.44. The van der Waals surface area contributed by atoms with Crippen LogP contribution in [-0.2, 0) is 4.79 Å². The summed E-state index contributed by atoms with van der Waals surface area (Å²) < 4.78 is 38.4. The first-order valence-electron chi connectivity index (χ1n) is 5.31. The molecule has 1 aliphatic rings. The van der Waals surface area contributed by atoms with Gasteiger partial charge in [0.15, 0.2) is 0 Å². The smallest absolute Gasteiger partial charge is 0.362 e. The zero-order valence-corrected chi connectivity index (χ0v) is 9.66. The molecule has 5 nitrogen and oxygen atoms in total. The maximum Gasteiger partial charge on any atom is 0.438 e. The van der Waals surface area contributed by atoms with Gasteiger partial charge in [0.2, 0.25) is 0 Å². The second kappa shape index (κ2) is 4.94. The number of halogens is 3. The van der Waals surface area contributed by atoms with Gasteiger partial charge in [-0.3, -0.25) is 4.79 Å². The number of nitriles is 1. The minimum Gasteiger partial charge on any atom is -0.362 e. The van der Waals surface area contributed by atoms with Gasteiger partial charge in [0.25, 0.3) is 11.6 Å². The van der Waals surface area contributed by atoms with Crippen molar-refractivity contribution >= 4 is 11.6 Å². The van der Waals surface area contributed by atoms with Gasteiger partial charge >= 0.3 is 6.18 Å². The summed E-state index contributed by atoms with van der Waals surface area (Å²) in [5, 5.41) is 21.5. The van der Waals surface area contributed by atoms with Crippen LogP contribution in [0.2, 0.25) is 0 Å². The number of amides is 1. The van der Waals surface area contributed by atoms with E-state index in [-0.39, 0.29) is 17.1 Å². The van der Waals surface area contributed by atoms with Gasteiger partial charge in [0, 0.05) is 12.1 Å². The zero-order chi connectivity index (χ0) is 14.0. The lowest BCUT2D eigenvalue weighted by Gasteiger charge is -2.32. The van der Waals surface area contributed by atoms with Crippen molar-refractivity contribution < 1.29 is 23.1 Å². The lowest BCUT2D eigenvalue weighted by Crippen LogP contribution is -2.56. The molecule has 0 fully saturated rings. The molecule has 1 heterocycles. The summed E-state index contributed by atoms with van der Waals surface area (Å²) in [6.45, 7) is 1.74. The van der Waals surface area contributed by atoms with Crippen LogP contribution in [0.1, 0.15) is 32.6 Å². The molecule has 1 atom stereocenters. The predicted octanol–water partition coefficient (Wildman–Crippen LogP) is 1.54. The summed E-state index contributed by atoms with van der Waals surface area (Å²) in [7, 11) is 0. The van der Waals surface area contributed by atoms with E-state index in [2.05, 4.69) is 5.10 Å². The third kappa shape index (κ3) is 2.46. The molecule has 0 saturated heterocycles. The number of alkyl halides is 3. The van der Waals surface area contributed by atoms with Crippen LogP contribution < -0.4 is 0 Å². The largest absolute Gasteiger partial charge is 0.438 e. The van der Waals surface area contributed by atoms with Crippen LogP contribution in [0.4, 0.5) is 13.2 Å². The number of hydrogen-bond donors (Lipinski definition) is 1. The van der Waals surface area contributed by atoms with Crippen LogP contribution >= 0.6 is 0 Å². The third-order valence-electron chi connectivity index (χ3n) is 2.50. The number of nitrogens with zero attached hydrogens (tertiary/aromatic N) is 3. The monoisotopic (exact) mass is 263 g/mol. The predicted molar refractivity (Wildman–Crippen MR) is 55.0 cm³/mol. The minimum atomic E-state index is -5.02. The van der Waals surface area contributed by atoms with Crippen molar-refractivity contribution in [3.8, 4) is 6.07 Å². The molecule has 1 amide bonds. The molecule has 1 aliphatic heterocycles. The molecule has 0 unspecified atom stereocenters. The van der Waals surface area contributed by atoms with Gasteiger partial charge in [-0.15, -0.1) is 0 Å². The Labute approximate surface area is 101 Å². The van der Waals surface area contributed by atoms with E-state index in [0.717, 1.165) is 0 Å². The van der Waals surface area contributed by atoms with Crippen molar-refractivity contribution in [3.05, 3.63) is 0 Å². The van der Waals surface area contributed by atoms with E-state index < -0.39 is 30.7 Å². The van der Waals surface area contributed by atoms with Gasteiger partial charge in [-0.05, 0) is 6.42 Å². The van der Waals surface area contributed by atoms with Crippen LogP contribution in [-0.4, -0.2) is 33.6 Å². The molecular weight excluding hydrogens is 251 g/mol. The van der Waals surface area contributed by atoms with E-state index in [9.17, 15) is 23.1 Å². The van der Waals surface area contributed by atoms with Gasteiger partial charge in [0.05, 0.1) is 6.07 Å². The quantitative estimate of drug-likeness (QED) is 0.839. The number of rotatable bonds is 3. The molecule has 18 heavy (non-hydrogen) atoms. The first-order valence-corrected chi connectivity index (χ1v) is 5.31. The van der Waals surface area contributed by atoms with E-state index >= 15 is 0 Å². The van der Waals surface area contributed by atoms with Crippen molar-refractivity contribution in [2.75, 3.05) is 0 Å². The van der Waals surface area contributed by atoms with Gasteiger partial charge in [-0.1, -0.05) is 13.3 Å². The molecule has 8 heteroatoms. The highest BCUT2D eigenvalue weighted by molar-refractivity contribution is 5.91. The van der Waals surface area contributed by atoms with Crippen LogP contribution in [0.3, 0.4) is 0 Å². The maximum absolute atomic E-state index is 12.8. The van der Waals surface area contributed by atoms with Crippen LogP contribution in [0, 0.1) is 11.3 Å². The van der Waals surface area contributed by atoms with Crippen LogP contribution in [0.15, 0.2) is 5.10 Å². The molecule has 0 aromatic carbocycles. The summed E-state index contributed by atoms with van der Waals surface area (Å²) in [5.74, 6) is -1.16. The normalized spacial score (nSPS) is 23.8. The summed E-state index contributed by atoms with van der Waals surface area (Å²) >= 11 is 0. The van der Waals surface area contributed by atoms with E-state index in [1.807, 2.05) is 0 Å². The Morgan fingerprint density at radius 2 is 2.28 bits per heavy atom. The van der Waals surface area contributed by atoms with Gasteiger partial charge in [-0.25, -0.2) is 0 Å². The zero-order valence-electron chi connectivity index (χ0n) is 9.66. The Morgan fingerprint density at radius 1 is 1.67 bits per heavy atom. The molecule has 0 bridgehead atoms. The maximum atomic E-state index is 12.8. The Bertz CT molecular complexity index is 414. The average molecular weight is 263 g/mol. The molecule has 1 N–H and O–H groups in total. The molecule has 0 aliphatic carbocycles. The first-order chi connectivity index (χ1) is 8.26. The molecule has 0 radical (unpaired) electrons. The highest BCUT2D eigenvalue weighted by Gasteiger charge is 2.62. The lowest BCUT2D eigenvalue weighted by atomic mass is 10.0. The number of hydrogen-bond acceptors (Lipinski definition) is 4. The lowest BCUT2D eigenvalue weighted by molar-refractivity contribution is -0.302. The van der Waals surface area contributed by atoms with Crippen molar-refractivity contribution in [2.45, 2.75) is 44.5 Å². The van der Waals surface area contributed by atoms with E-state index in [1.54, 1.807) is 6.92 Å². The molecule has 100 valence electrons. The van der Waals surface area contributed by atoms with Gasteiger partial charge in [0.1, 0.15) is 6.42 Å².